The van der Waals surface area contributed by atoms with Gasteiger partial charge in [-0.15, -0.1) is 9.53 Å². The van der Waals surface area contributed by atoms with Crippen molar-refractivity contribution >= 4 is 43.0 Å². The third-order valence-corrected chi connectivity index (χ3v) is 17.7. The van der Waals surface area contributed by atoms with Gasteiger partial charge in [0, 0.05) is 120 Å². The largest absolute Gasteiger partial charge is 0.472 e. The zero-order valence-corrected chi connectivity index (χ0v) is 43.4. The summed E-state index contributed by atoms with van der Waals surface area (Å²) in [7, 11) is -4.84. The minimum absolute atomic E-state index is 0.0123. The number of nitrogens with one attached hydrogen (secondary N) is 1. The van der Waals surface area contributed by atoms with Gasteiger partial charge in [0.25, 0.3) is 0 Å². The molecule has 30 heteroatoms. The van der Waals surface area contributed by atoms with Crippen molar-refractivity contribution in [2.24, 2.45) is 9.53 Å². The van der Waals surface area contributed by atoms with E-state index >= 15 is 0 Å². The van der Waals surface area contributed by atoms with Crippen molar-refractivity contribution in [2.45, 2.75) is 87.9 Å². The van der Waals surface area contributed by atoms with Crippen LogP contribution in [0.1, 0.15) is 44.9 Å². The van der Waals surface area contributed by atoms with E-state index in [1.807, 2.05) is 47.8 Å². The number of hydrogen-bond donors (Lipinski definition) is 3. The van der Waals surface area contributed by atoms with E-state index in [1.54, 1.807) is 23.9 Å². The van der Waals surface area contributed by atoms with Crippen molar-refractivity contribution in [2.75, 3.05) is 142 Å². The van der Waals surface area contributed by atoms with Gasteiger partial charge in [-0.2, -0.15) is 5.09 Å². The summed E-state index contributed by atoms with van der Waals surface area (Å²) in [6, 6.07) is 0. The summed E-state index contributed by atoms with van der Waals surface area (Å²) in [5.41, 5.74) is 0. The van der Waals surface area contributed by atoms with E-state index in [-0.39, 0.29) is 65.4 Å². The molecule has 5 unspecified atom stereocenters. The minimum Gasteiger partial charge on any atom is -0.396 e. The third-order valence-electron chi connectivity index (χ3n) is 12.3. The van der Waals surface area contributed by atoms with Crippen LogP contribution in [0.5, 0.6) is 0 Å². The molecule has 6 saturated heterocycles. The van der Waals surface area contributed by atoms with Crippen molar-refractivity contribution in [1.29, 1.82) is 0 Å². The first kappa shape index (κ1) is 55.1. The Hall–Kier alpha value is -1.18. The Morgan fingerprint density at radius 1 is 0.597 bits per heavy atom. The van der Waals surface area contributed by atoms with Crippen LogP contribution in [0.2, 0.25) is 0 Å². The molecule has 6 fully saturated rings. The minimum atomic E-state index is -4.46. The third kappa shape index (κ3) is 15.7. The van der Waals surface area contributed by atoms with Crippen LogP contribution in [-0.4, -0.2) is 236 Å². The van der Waals surface area contributed by atoms with Gasteiger partial charge in [0.15, 0.2) is 0 Å². The lowest BCUT2D eigenvalue weighted by atomic mass is 10.2. The summed E-state index contributed by atoms with van der Waals surface area (Å²) in [6.45, 7) is 3.56. The number of phosphoric acid groups is 1. The predicted molar refractivity (Wildman–Crippen MR) is 244 cm³/mol. The van der Waals surface area contributed by atoms with Crippen LogP contribution in [0.15, 0.2) is 9.53 Å². The summed E-state index contributed by atoms with van der Waals surface area (Å²) >= 11 is 0. The lowest BCUT2D eigenvalue weighted by molar-refractivity contribution is -0.0135. The number of nitrogens with zero attached hydrogens (tertiary/aromatic N) is 8. The molecule has 388 valence electrons. The molecule has 10 atom stereocenters. The van der Waals surface area contributed by atoms with E-state index in [4.69, 9.17) is 55.5 Å². The molecule has 0 aromatic rings. The maximum atomic E-state index is 14.9. The average molecular weight is 1040 g/mol. The molecule has 0 aromatic heterocycles. The molecule has 3 N–H and O–H groups in total. The Morgan fingerprint density at radius 3 is 1.45 bits per heavy atom. The highest BCUT2D eigenvalue weighted by molar-refractivity contribution is 7.53. The van der Waals surface area contributed by atoms with Crippen molar-refractivity contribution in [3.05, 3.63) is 0 Å². The highest BCUT2D eigenvalue weighted by Crippen LogP contribution is 2.57. The first-order valence-electron chi connectivity index (χ1n) is 22.9. The summed E-state index contributed by atoms with van der Waals surface area (Å²) in [4.78, 5) is 21.6. The molecule has 26 nitrogen and oxygen atoms in total. The van der Waals surface area contributed by atoms with Crippen LogP contribution in [-0.2, 0) is 68.7 Å². The number of guanidine groups is 2. The van der Waals surface area contributed by atoms with E-state index in [0.717, 1.165) is 19.5 Å². The normalized spacial score (nSPS) is 30.4. The lowest BCUT2D eigenvalue weighted by Gasteiger charge is -2.31. The number of unbranched alkanes of at least 4 members (excludes halogenated alkanes) is 3. The molecule has 6 rings (SSSR count). The molecular weight excluding hydrogens is 966 g/mol. The standard InChI is InChI=1S/C37H73N9O17P4/c1-41-15-16-42(2)35(41)38-64(48,53-7)61-29-12-23-54-32(29)26-58-65(49,39-36-43(3)17-18-44(36)4)62-30-13-24-55-33(30)27-59-66(50,40-37-45(5)19-20-46(37)6)63-31-14-25-56-34(31)28-60-67(51,52)57-22-11-9-8-10-21-47/h29-35,47H,8-28H2,1-7H3,(H,38,48)(H,51,52)/t29-,30-,31-,32?,33-,34-,64?,65?,66?/m1/s1. The topological polar surface area (TPSA) is 266 Å². The van der Waals surface area contributed by atoms with Crippen LogP contribution in [0.4, 0.5) is 0 Å². The van der Waals surface area contributed by atoms with Gasteiger partial charge in [-0.3, -0.25) is 41.5 Å². The number of aliphatic hydroxyl groups is 1. The van der Waals surface area contributed by atoms with Crippen LogP contribution in [0.25, 0.3) is 0 Å². The molecule has 0 spiro atoms. The maximum absolute atomic E-state index is 14.9. The van der Waals surface area contributed by atoms with Crippen LogP contribution in [0, 0.1) is 0 Å². The number of hydrogen-bond acceptors (Lipinski definition) is 18. The van der Waals surface area contributed by atoms with Crippen LogP contribution in [0.3, 0.4) is 0 Å². The fourth-order valence-corrected chi connectivity index (χ4v) is 13.7. The van der Waals surface area contributed by atoms with Gasteiger partial charge in [-0.05, 0) is 26.9 Å². The van der Waals surface area contributed by atoms with Gasteiger partial charge < -0.3 is 48.3 Å². The molecule has 67 heavy (non-hydrogen) atoms. The molecule has 0 aromatic carbocycles. The number of rotatable bonds is 27. The fourth-order valence-electron chi connectivity index (χ4n) is 8.16. The summed E-state index contributed by atoms with van der Waals surface area (Å²) in [6.07, 6.45) is -2.17. The van der Waals surface area contributed by atoms with Gasteiger partial charge >= 0.3 is 31.1 Å². The fraction of sp³-hybridized carbons (Fsp3) is 0.946. The Bertz CT molecular complexity index is 1830. The van der Waals surface area contributed by atoms with Gasteiger partial charge in [-0.1, -0.05) is 12.8 Å². The second-order valence-corrected chi connectivity index (χ2v) is 23.9. The number of aliphatic hydroxyl groups excluding tert-OH is 1. The molecule has 0 bridgehead atoms. The molecule has 6 aliphatic rings. The lowest BCUT2D eigenvalue weighted by Crippen LogP contribution is -2.46. The highest BCUT2D eigenvalue weighted by Gasteiger charge is 2.46. The van der Waals surface area contributed by atoms with Gasteiger partial charge in [0.2, 0.25) is 11.9 Å². The molecule has 6 aliphatic heterocycles. The Kier molecular flexibility index (Phi) is 20.6. The van der Waals surface area contributed by atoms with Gasteiger partial charge in [0.1, 0.15) is 24.6 Å². The molecule has 0 aliphatic carbocycles. The van der Waals surface area contributed by atoms with Crippen LogP contribution < -0.4 is 5.09 Å². The molecule has 0 radical (unpaired) electrons. The SMILES string of the molecule is COP(=O)(NC1N(C)CCN1C)O[C@@H]1CCOC1COP(=O)(N=C1N(C)CCN1C)O[C@@H]1CCO[C@@H]1COP(=O)(N=C1N(C)CCN1C)O[C@@H]1CCO[C@@H]1COP(=O)(O)OCCCCCCO. The van der Waals surface area contributed by atoms with E-state index in [2.05, 4.69) is 14.6 Å². The predicted octanol–water partition coefficient (Wildman–Crippen LogP) is 2.42. The Balaban J connectivity index is 1.13. The van der Waals surface area contributed by atoms with Crippen molar-refractivity contribution in [1.82, 2.24) is 34.5 Å². The first-order chi connectivity index (χ1) is 31.8. The quantitative estimate of drug-likeness (QED) is 0.0788. The highest BCUT2D eigenvalue weighted by atomic mass is 31.2. The van der Waals surface area contributed by atoms with E-state index in [1.165, 1.54) is 7.11 Å². The second kappa shape index (κ2) is 25.0. The summed E-state index contributed by atoms with van der Waals surface area (Å²) in [5, 5.41) is 12.0. The zero-order valence-electron chi connectivity index (χ0n) is 39.8. The monoisotopic (exact) mass is 1040 g/mol. The van der Waals surface area contributed by atoms with E-state index in [9.17, 15) is 23.2 Å². The Morgan fingerprint density at radius 2 is 1.01 bits per heavy atom. The van der Waals surface area contributed by atoms with E-state index in [0.29, 0.717) is 63.8 Å². The summed E-state index contributed by atoms with van der Waals surface area (Å²) in [5.74, 6) is 0.732. The molecular formula is C37H73N9O17P4. The van der Waals surface area contributed by atoms with Crippen molar-refractivity contribution in [3.8, 4) is 0 Å². The van der Waals surface area contributed by atoms with Crippen molar-refractivity contribution < 1.29 is 78.7 Å². The molecule has 0 saturated carbocycles. The average Bonchev–Trinajstić information content (AvgIpc) is 4.17. The zero-order chi connectivity index (χ0) is 48.4. The first-order valence-corrected chi connectivity index (χ1v) is 28.9. The molecule has 0 amide bonds. The van der Waals surface area contributed by atoms with Crippen molar-refractivity contribution in [3.63, 3.8) is 0 Å². The smallest absolute Gasteiger partial charge is 0.396 e. The molecule has 6 heterocycles. The second-order valence-electron chi connectivity index (χ2n) is 17.4. The van der Waals surface area contributed by atoms with Gasteiger partial charge in [-0.25, -0.2) is 18.3 Å². The van der Waals surface area contributed by atoms with E-state index < -0.39 is 74.3 Å². The van der Waals surface area contributed by atoms with Crippen LogP contribution >= 0.6 is 31.1 Å². The number of likely N-dealkylation sites (N-methyl/N-ethyl adjacent to an activating group) is 6. The summed E-state index contributed by atoms with van der Waals surface area (Å²) < 4.78 is 130. The number of phosphoric ester groups is 1. The Labute approximate surface area is 394 Å². The number of ether oxygens (including phenoxy) is 3. The maximum Gasteiger partial charge on any atom is 0.472 e. The van der Waals surface area contributed by atoms with Gasteiger partial charge in [0.05, 0.1) is 44.7 Å².